The molecule has 0 radical (unpaired) electrons. The molecular formula is C50H48BBrN2O10. The van der Waals surface area contributed by atoms with Crippen molar-refractivity contribution in [1.29, 1.82) is 0 Å². The maximum atomic E-state index is 13.2. The number of hydrogen-bond donors (Lipinski definition) is 6. The van der Waals surface area contributed by atoms with Crippen LogP contribution in [0.25, 0.3) is 11.1 Å². The van der Waals surface area contributed by atoms with Crippen LogP contribution >= 0.6 is 15.9 Å². The molecule has 6 aromatic carbocycles. The molecule has 2 amide bonds. The van der Waals surface area contributed by atoms with E-state index in [1.54, 1.807) is 24.3 Å². The molecule has 2 fully saturated rings. The molecule has 328 valence electrons. The zero-order valence-electron chi connectivity index (χ0n) is 35.4. The average molecular weight is 928 g/mol. The Labute approximate surface area is 380 Å². The van der Waals surface area contributed by atoms with Crippen molar-refractivity contribution in [2.75, 3.05) is 24.2 Å². The summed E-state index contributed by atoms with van der Waals surface area (Å²) in [4.78, 5) is 26.0. The summed E-state index contributed by atoms with van der Waals surface area (Å²) in [6.07, 6.45) is 3.34. The van der Waals surface area contributed by atoms with E-state index in [2.05, 4.69) is 33.5 Å². The second-order valence-corrected chi connectivity index (χ2v) is 17.2. The average Bonchev–Trinajstić information content (AvgIpc) is 4.21. The Hall–Kier alpha value is -6.16. The van der Waals surface area contributed by atoms with Crippen LogP contribution in [0.5, 0.6) is 23.0 Å². The van der Waals surface area contributed by atoms with Crippen LogP contribution in [0.3, 0.4) is 0 Å². The number of fused-ring (bicyclic) bond motifs is 2. The number of hydrogen-bond acceptors (Lipinski definition) is 10. The quantitative estimate of drug-likeness (QED) is 0.0752. The predicted octanol–water partition coefficient (Wildman–Crippen LogP) is 7.57. The van der Waals surface area contributed by atoms with Gasteiger partial charge in [-0.05, 0) is 138 Å². The molecule has 0 unspecified atom stereocenters. The lowest BCUT2D eigenvalue weighted by atomic mass is 9.80. The Bertz CT molecular complexity index is 2670. The number of benzene rings is 6. The molecule has 64 heavy (non-hydrogen) atoms. The number of ether oxygens (including phenoxy) is 4. The number of carbonyl (C=O) groups is 2. The fourth-order valence-corrected chi connectivity index (χ4v) is 8.08. The second kappa shape index (κ2) is 18.9. The van der Waals surface area contributed by atoms with Crippen LogP contribution < -0.4 is 35.0 Å². The van der Waals surface area contributed by atoms with Crippen LogP contribution in [0.4, 0.5) is 11.4 Å². The number of rotatable bonds is 10. The zero-order chi connectivity index (χ0) is 45.0. The molecule has 2 aliphatic heterocycles. The third-order valence-electron chi connectivity index (χ3n) is 12.1. The highest BCUT2D eigenvalue weighted by atomic mass is 79.9. The van der Waals surface area contributed by atoms with Crippen LogP contribution in [-0.2, 0) is 33.6 Å². The third-order valence-corrected chi connectivity index (χ3v) is 12.9. The minimum Gasteiger partial charge on any atom is -0.454 e. The molecule has 12 nitrogen and oxygen atoms in total. The molecule has 0 saturated heterocycles. The molecule has 2 aliphatic carbocycles. The highest BCUT2D eigenvalue weighted by molar-refractivity contribution is 9.10. The van der Waals surface area contributed by atoms with Crippen LogP contribution in [0.2, 0.25) is 0 Å². The summed E-state index contributed by atoms with van der Waals surface area (Å²) in [5.41, 5.74) is 9.04. The van der Waals surface area contributed by atoms with E-state index in [0.717, 1.165) is 103 Å². The lowest BCUT2D eigenvalue weighted by Gasteiger charge is -2.17. The van der Waals surface area contributed by atoms with Gasteiger partial charge in [0.1, 0.15) is 0 Å². The Balaban J connectivity index is 0.000000145. The summed E-state index contributed by atoms with van der Waals surface area (Å²) in [5.74, 6) is 2.94. The first-order valence-corrected chi connectivity index (χ1v) is 21.8. The molecule has 14 heteroatoms. The topological polar surface area (TPSA) is 176 Å². The number of aryl methyl sites for hydroxylation is 2. The number of halogens is 1. The van der Waals surface area contributed by atoms with Crippen LogP contribution in [0, 0.1) is 13.8 Å². The van der Waals surface area contributed by atoms with E-state index in [1.807, 2.05) is 104 Å². The maximum absolute atomic E-state index is 13.2. The van der Waals surface area contributed by atoms with Gasteiger partial charge < -0.3 is 49.8 Å². The minimum atomic E-state index is -1.43. The monoisotopic (exact) mass is 926 g/mol. The number of anilines is 2. The molecule has 6 aromatic rings. The van der Waals surface area contributed by atoms with Crippen molar-refractivity contribution in [2.45, 2.75) is 63.6 Å². The highest BCUT2D eigenvalue weighted by Gasteiger charge is 2.52. The molecule has 10 rings (SSSR count). The molecule has 2 saturated carbocycles. The highest BCUT2D eigenvalue weighted by Crippen LogP contribution is 2.52. The number of nitrogens with one attached hydrogen (secondary N) is 2. The summed E-state index contributed by atoms with van der Waals surface area (Å²) in [7, 11) is -1.43. The molecule has 6 N–H and O–H groups in total. The van der Waals surface area contributed by atoms with Gasteiger partial charge in [-0.25, -0.2) is 0 Å². The molecule has 0 atom stereocenters. The molecular weight excluding hydrogens is 879 g/mol. The largest absolute Gasteiger partial charge is 0.488 e. The van der Waals surface area contributed by atoms with Crippen molar-refractivity contribution < 1.29 is 48.8 Å². The molecule has 4 aliphatic rings. The van der Waals surface area contributed by atoms with E-state index in [4.69, 9.17) is 34.1 Å². The zero-order valence-corrected chi connectivity index (χ0v) is 37.0. The van der Waals surface area contributed by atoms with Gasteiger partial charge in [-0.3, -0.25) is 9.59 Å². The van der Waals surface area contributed by atoms with Crippen molar-refractivity contribution >= 4 is 51.7 Å². The van der Waals surface area contributed by atoms with Crippen molar-refractivity contribution in [1.82, 2.24) is 0 Å². The third kappa shape index (κ3) is 9.66. The second-order valence-electron chi connectivity index (χ2n) is 16.3. The van der Waals surface area contributed by atoms with Gasteiger partial charge in [-0.1, -0.05) is 88.7 Å². The lowest BCUT2D eigenvalue weighted by Crippen LogP contribution is -2.29. The van der Waals surface area contributed by atoms with E-state index in [-0.39, 0.29) is 38.6 Å². The van der Waals surface area contributed by atoms with Crippen molar-refractivity contribution in [2.24, 2.45) is 0 Å². The molecule has 0 spiro atoms. The van der Waals surface area contributed by atoms with Crippen molar-refractivity contribution in [3.8, 4) is 34.1 Å². The van der Waals surface area contributed by atoms with Gasteiger partial charge in [-0.2, -0.15) is 0 Å². The van der Waals surface area contributed by atoms with E-state index in [0.29, 0.717) is 11.2 Å². The van der Waals surface area contributed by atoms with E-state index < -0.39 is 17.9 Å². The number of amides is 2. The Morgan fingerprint density at radius 1 is 0.578 bits per heavy atom. The first-order valence-electron chi connectivity index (χ1n) is 21.0. The minimum absolute atomic E-state index is 0.00629. The summed E-state index contributed by atoms with van der Waals surface area (Å²) >= 11 is 3.50. The number of aliphatic hydroxyl groups excluding tert-OH is 2. The first kappa shape index (κ1) is 44.5. The molecule has 0 bridgehead atoms. The van der Waals surface area contributed by atoms with Gasteiger partial charge in [0.05, 0.1) is 24.0 Å². The number of aliphatic hydroxyl groups is 2. The normalized spacial score (nSPS) is 15.1. The fraction of sp³-hybridized carbons (Fsp3) is 0.240. The Morgan fingerprint density at radius 3 is 1.48 bits per heavy atom. The predicted molar refractivity (Wildman–Crippen MR) is 248 cm³/mol. The van der Waals surface area contributed by atoms with Gasteiger partial charge in [-0.15, -0.1) is 0 Å². The van der Waals surface area contributed by atoms with Gasteiger partial charge in [0.15, 0.2) is 23.0 Å². The van der Waals surface area contributed by atoms with E-state index in [1.165, 1.54) is 0 Å². The summed E-state index contributed by atoms with van der Waals surface area (Å²) < 4.78 is 22.6. The van der Waals surface area contributed by atoms with Gasteiger partial charge in [0, 0.05) is 15.8 Å². The van der Waals surface area contributed by atoms with Gasteiger partial charge in [0.25, 0.3) is 0 Å². The lowest BCUT2D eigenvalue weighted by molar-refractivity contribution is -0.119. The van der Waals surface area contributed by atoms with Crippen LogP contribution in [-0.4, -0.2) is 52.8 Å². The summed E-state index contributed by atoms with van der Waals surface area (Å²) in [6, 6.07) is 37.6. The van der Waals surface area contributed by atoms with E-state index >= 15 is 0 Å². The molecule has 2 heterocycles. The van der Waals surface area contributed by atoms with Gasteiger partial charge in [0.2, 0.25) is 25.4 Å². The SMILES string of the molecule is Cc1ccc(NC(=O)C2(c3ccc4c(c3)OCO4)CC2)cc1-c1ccc(CO)cc1.Cc1ccc(NC(=O)C2(c3ccc4c(c3)OCO4)CC2)cc1Br.OCc1ccc(B(O)O)cc1. The van der Waals surface area contributed by atoms with Crippen molar-refractivity contribution in [3.05, 3.63) is 159 Å². The number of carbonyl (C=O) groups excluding carboxylic acids is 2. The summed E-state index contributed by atoms with van der Waals surface area (Å²) in [5, 5.41) is 41.4. The van der Waals surface area contributed by atoms with E-state index in [9.17, 15) is 14.7 Å². The van der Waals surface area contributed by atoms with Crippen molar-refractivity contribution in [3.63, 3.8) is 0 Å². The van der Waals surface area contributed by atoms with Crippen LogP contribution in [0.15, 0.2) is 126 Å². The fourth-order valence-electron chi connectivity index (χ4n) is 7.70. The maximum Gasteiger partial charge on any atom is 0.488 e. The summed E-state index contributed by atoms with van der Waals surface area (Å²) in [6.45, 7) is 4.54. The first-order chi connectivity index (χ1) is 30.9. The van der Waals surface area contributed by atoms with Crippen LogP contribution in [0.1, 0.15) is 59.1 Å². The smallest absolute Gasteiger partial charge is 0.454 e. The Morgan fingerprint density at radius 2 is 1.03 bits per heavy atom. The molecule has 0 aromatic heterocycles. The Kier molecular flexibility index (Phi) is 13.1. The standard InChI is InChI=1S/C25H23NO4.C18H16BrNO3.C7H9BO3/c1-16-2-8-20(13-21(16)18-5-3-17(14-27)4-6-18)26-24(28)25(10-11-25)19-7-9-22-23(12-19)30-15-29-22;1-11-2-4-13(9-14(11)19)20-17(21)18(6-7-18)12-3-5-15-16(8-12)23-10-22-15;9-5-6-1-3-7(4-2-6)8(10)11/h2-9,12-13,27H,10-11,14-15H2,1H3,(H,26,28);2-5,8-9H,6-7,10H2,1H3,(H,20,21);1-4,9-11H,5H2. The van der Waals surface area contributed by atoms with Gasteiger partial charge >= 0.3 is 7.12 Å².